The minimum Gasteiger partial charge on any atom is -0.308 e. The maximum atomic E-state index is 14.6. The molecular weight excluding hydrogens is 371 g/mol. The molecule has 2 aromatic rings. The van der Waals surface area contributed by atoms with Crippen LogP contribution in [-0.2, 0) is 11.3 Å². The number of nitrogens with zero attached hydrogens (tertiary/aromatic N) is 2. The van der Waals surface area contributed by atoms with Crippen LogP contribution in [-0.4, -0.2) is 35.3 Å². The predicted octanol–water partition coefficient (Wildman–Crippen LogP) is 2.69. The fourth-order valence-electron chi connectivity index (χ4n) is 3.38. The highest BCUT2D eigenvalue weighted by molar-refractivity contribution is 5.96. The van der Waals surface area contributed by atoms with E-state index in [2.05, 4.69) is 25.7 Å². The van der Waals surface area contributed by atoms with Crippen LogP contribution in [0.5, 0.6) is 0 Å². The summed E-state index contributed by atoms with van der Waals surface area (Å²) in [6.07, 6.45) is 0. The highest BCUT2D eigenvalue weighted by Gasteiger charge is 2.40. The molecule has 1 heterocycles. The third-order valence-corrected chi connectivity index (χ3v) is 5.29. The summed E-state index contributed by atoms with van der Waals surface area (Å²) in [6, 6.07) is 13.4. The number of nitrogens with two attached hydrogens (primary N) is 1. The molecule has 7 heteroatoms. The second-order valence-electron chi connectivity index (χ2n) is 8.31. The number of nitrogen functional groups attached to an aromatic ring is 1. The Kier molecular flexibility index (Phi) is 6.00. The van der Waals surface area contributed by atoms with Gasteiger partial charge in [-0.15, -0.1) is 0 Å². The lowest BCUT2D eigenvalue weighted by atomic mass is 9.91. The zero-order valence-corrected chi connectivity index (χ0v) is 17.0. The highest BCUT2D eigenvalue weighted by Crippen LogP contribution is 2.29. The molecule has 0 radical (unpaired) electrons. The Morgan fingerprint density at radius 3 is 2.38 bits per heavy atom. The summed E-state index contributed by atoms with van der Waals surface area (Å²) in [6.45, 7) is 7.82. The highest BCUT2D eigenvalue weighted by atomic mass is 19.1. The summed E-state index contributed by atoms with van der Waals surface area (Å²) in [7, 11) is 0. The molecule has 0 spiro atoms. The number of carbonyl (C=O) groups excluding carboxylic acids is 2. The van der Waals surface area contributed by atoms with Gasteiger partial charge in [-0.05, 0) is 45.0 Å². The number of anilines is 1. The third kappa shape index (κ3) is 4.63. The monoisotopic (exact) mass is 398 g/mol. The smallest absolute Gasteiger partial charge is 0.265 e. The SMILES string of the molecule is CC(C)(C)N1CC(C(=O)N(Cc2ccc(C(=O)NN)cc2F)c2ccccc2)C1. The van der Waals surface area contributed by atoms with E-state index in [-0.39, 0.29) is 29.5 Å². The van der Waals surface area contributed by atoms with Gasteiger partial charge in [0.1, 0.15) is 5.82 Å². The lowest BCUT2D eigenvalue weighted by Crippen LogP contribution is -2.60. The number of rotatable bonds is 5. The van der Waals surface area contributed by atoms with Gasteiger partial charge in [0.25, 0.3) is 5.91 Å². The molecule has 0 aromatic heterocycles. The average Bonchev–Trinajstić information content (AvgIpc) is 2.64. The van der Waals surface area contributed by atoms with Crippen LogP contribution in [0.4, 0.5) is 10.1 Å². The van der Waals surface area contributed by atoms with Gasteiger partial charge in [0.05, 0.1) is 12.5 Å². The van der Waals surface area contributed by atoms with Gasteiger partial charge in [-0.3, -0.25) is 19.9 Å². The van der Waals surface area contributed by atoms with Crippen LogP contribution in [0, 0.1) is 11.7 Å². The summed E-state index contributed by atoms with van der Waals surface area (Å²) in [5.41, 5.74) is 3.18. The molecule has 0 aliphatic carbocycles. The Balaban J connectivity index is 1.82. The zero-order valence-electron chi connectivity index (χ0n) is 17.0. The fraction of sp³-hybridized carbons (Fsp3) is 0.364. The second kappa shape index (κ2) is 8.31. The van der Waals surface area contributed by atoms with Crippen molar-refractivity contribution < 1.29 is 14.0 Å². The molecule has 0 unspecified atom stereocenters. The standard InChI is InChI=1S/C22H27FN4O2/c1-22(2,3)26-12-17(13-26)21(29)27(18-7-5-4-6-8-18)14-16-10-9-15(11-19(16)23)20(28)25-24/h4-11,17H,12-14,24H2,1-3H3,(H,25,28). The Hall–Kier alpha value is -2.77. The van der Waals surface area contributed by atoms with E-state index in [1.54, 1.807) is 4.90 Å². The summed E-state index contributed by atoms with van der Waals surface area (Å²) in [5, 5.41) is 0. The minimum absolute atomic E-state index is 0.0138. The third-order valence-electron chi connectivity index (χ3n) is 5.29. The van der Waals surface area contributed by atoms with Crippen molar-refractivity contribution in [3.8, 4) is 0 Å². The Morgan fingerprint density at radius 1 is 1.17 bits per heavy atom. The minimum atomic E-state index is -0.566. The van der Waals surface area contributed by atoms with Crippen molar-refractivity contribution in [3.63, 3.8) is 0 Å². The number of carbonyl (C=O) groups is 2. The van der Waals surface area contributed by atoms with Gasteiger partial charge < -0.3 is 4.90 Å². The molecule has 29 heavy (non-hydrogen) atoms. The van der Waals surface area contributed by atoms with Crippen molar-refractivity contribution >= 4 is 17.5 Å². The molecule has 1 aliphatic rings. The van der Waals surface area contributed by atoms with Gasteiger partial charge in [0, 0.05) is 35.4 Å². The fourth-order valence-corrected chi connectivity index (χ4v) is 3.38. The Morgan fingerprint density at radius 2 is 1.83 bits per heavy atom. The topological polar surface area (TPSA) is 78.7 Å². The first-order chi connectivity index (χ1) is 13.7. The largest absolute Gasteiger partial charge is 0.308 e. The van der Waals surface area contributed by atoms with E-state index in [0.717, 1.165) is 11.8 Å². The summed E-state index contributed by atoms with van der Waals surface area (Å²) < 4.78 is 14.6. The first-order valence-electron chi connectivity index (χ1n) is 9.61. The lowest BCUT2D eigenvalue weighted by Gasteiger charge is -2.48. The van der Waals surface area contributed by atoms with Crippen LogP contribution in [0.25, 0.3) is 0 Å². The van der Waals surface area contributed by atoms with Crippen LogP contribution < -0.4 is 16.2 Å². The summed E-state index contributed by atoms with van der Waals surface area (Å²) >= 11 is 0. The van der Waals surface area contributed by atoms with Crippen LogP contribution in [0.3, 0.4) is 0 Å². The number of halogens is 1. The molecule has 0 bridgehead atoms. The number of hydrazine groups is 1. The van der Waals surface area contributed by atoms with Gasteiger partial charge in [0.15, 0.2) is 0 Å². The predicted molar refractivity (Wildman–Crippen MR) is 111 cm³/mol. The number of likely N-dealkylation sites (tertiary alicyclic amines) is 1. The first-order valence-corrected chi connectivity index (χ1v) is 9.61. The average molecular weight is 398 g/mol. The quantitative estimate of drug-likeness (QED) is 0.461. The van der Waals surface area contributed by atoms with Gasteiger partial charge in [0.2, 0.25) is 5.91 Å². The Labute approximate surface area is 170 Å². The number of nitrogens with one attached hydrogen (secondary N) is 1. The molecule has 1 aliphatic heterocycles. The summed E-state index contributed by atoms with van der Waals surface area (Å²) in [5.74, 6) is 3.84. The number of amides is 2. The van der Waals surface area contributed by atoms with Gasteiger partial charge in [-0.2, -0.15) is 0 Å². The maximum Gasteiger partial charge on any atom is 0.265 e. The molecule has 154 valence electrons. The Bertz CT molecular complexity index is 889. The van der Waals surface area contributed by atoms with E-state index in [1.165, 1.54) is 12.1 Å². The molecule has 2 amide bonds. The van der Waals surface area contributed by atoms with E-state index in [4.69, 9.17) is 5.84 Å². The van der Waals surface area contributed by atoms with Gasteiger partial charge in [-0.25, -0.2) is 10.2 Å². The van der Waals surface area contributed by atoms with Crippen LogP contribution in [0.2, 0.25) is 0 Å². The number of benzene rings is 2. The molecular formula is C22H27FN4O2. The van der Waals surface area contributed by atoms with Gasteiger partial charge >= 0.3 is 0 Å². The maximum absolute atomic E-state index is 14.6. The summed E-state index contributed by atoms with van der Waals surface area (Å²) in [4.78, 5) is 28.7. The van der Waals surface area contributed by atoms with Crippen LogP contribution in [0.1, 0.15) is 36.7 Å². The van der Waals surface area contributed by atoms with Crippen molar-refractivity contribution in [1.29, 1.82) is 0 Å². The number of para-hydroxylation sites is 1. The molecule has 1 saturated heterocycles. The van der Waals surface area contributed by atoms with Crippen molar-refractivity contribution in [1.82, 2.24) is 10.3 Å². The lowest BCUT2D eigenvalue weighted by molar-refractivity contribution is -0.130. The molecule has 0 atom stereocenters. The van der Waals surface area contributed by atoms with E-state index >= 15 is 0 Å². The first kappa shape index (κ1) is 21.0. The van der Waals surface area contributed by atoms with E-state index in [1.807, 2.05) is 35.8 Å². The number of hydrogen-bond donors (Lipinski definition) is 2. The van der Waals surface area contributed by atoms with Gasteiger partial charge in [-0.1, -0.05) is 24.3 Å². The molecule has 2 aromatic carbocycles. The molecule has 3 rings (SSSR count). The molecule has 1 fully saturated rings. The van der Waals surface area contributed by atoms with Crippen molar-refractivity contribution in [3.05, 3.63) is 65.5 Å². The van der Waals surface area contributed by atoms with Crippen LogP contribution in [0.15, 0.2) is 48.5 Å². The molecule has 0 saturated carbocycles. The van der Waals surface area contributed by atoms with E-state index in [9.17, 15) is 14.0 Å². The molecule has 3 N–H and O–H groups in total. The normalized spacial score (nSPS) is 14.9. The van der Waals surface area contributed by atoms with E-state index < -0.39 is 11.7 Å². The van der Waals surface area contributed by atoms with Crippen molar-refractivity contribution in [2.24, 2.45) is 11.8 Å². The second-order valence-corrected chi connectivity index (χ2v) is 8.31. The van der Waals surface area contributed by atoms with Crippen molar-refractivity contribution in [2.45, 2.75) is 32.9 Å². The van der Waals surface area contributed by atoms with Crippen molar-refractivity contribution in [2.75, 3.05) is 18.0 Å². The zero-order chi connectivity index (χ0) is 21.2. The van der Waals surface area contributed by atoms with E-state index in [0.29, 0.717) is 18.7 Å². The van der Waals surface area contributed by atoms with Crippen LogP contribution >= 0.6 is 0 Å². The number of hydrogen-bond acceptors (Lipinski definition) is 4. The molecule has 6 nitrogen and oxygen atoms in total.